The van der Waals surface area contributed by atoms with Gasteiger partial charge in [-0.3, -0.25) is 4.90 Å². The van der Waals surface area contributed by atoms with Crippen LogP contribution in [0, 0.1) is 12.8 Å². The quantitative estimate of drug-likeness (QED) is 0.910. The maximum atomic E-state index is 9.18. The van der Waals surface area contributed by atoms with Gasteiger partial charge in [0.15, 0.2) is 0 Å². The molecule has 0 bridgehead atoms. The highest BCUT2D eigenvalue weighted by atomic mass is 16.3. The highest BCUT2D eigenvalue weighted by Gasteiger charge is 2.22. The van der Waals surface area contributed by atoms with Crippen LogP contribution in [0.5, 0.6) is 0 Å². The summed E-state index contributed by atoms with van der Waals surface area (Å²) < 4.78 is 0. The molecule has 0 spiro atoms. The summed E-state index contributed by atoms with van der Waals surface area (Å²) in [7, 11) is 0. The van der Waals surface area contributed by atoms with Crippen LogP contribution in [0.15, 0.2) is 24.3 Å². The first-order valence-electron chi connectivity index (χ1n) is 6.81. The fourth-order valence-corrected chi connectivity index (χ4v) is 2.77. The normalized spacial score (nSPS) is 20.2. The highest BCUT2D eigenvalue weighted by molar-refractivity contribution is 5.80. The molecule has 0 saturated carbocycles. The molecule has 1 N–H and O–H groups in total. The van der Waals surface area contributed by atoms with E-state index in [0.717, 1.165) is 48.5 Å². The van der Waals surface area contributed by atoms with Crippen molar-refractivity contribution in [2.75, 3.05) is 19.7 Å². The molecular formula is C15H19N3O. The van der Waals surface area contributed by atoms with Crippen LogP contribution in [0.4, 0.5) is 0 Å². The standard InChI is InChI=1S/C15H19N3O/c1-11-13-4-2-3-5-14(13)17-15(16-11)9-18-7-6-12(8-18)10-19/h2-5,12,19H,6-10H2,1H3. The van der Waals surface area contributed by atoms with Gasteiger partial charge < -0.3 is 5.11 Å². The fraction of sp³-hybridized carbons (Fsp3) is 0.467. The second-order valence-electron chi connectivity index (χ2n) is 5.31. The summed E-state index contributed by atoms with van der Waals surface area (Å²) in [6.45, 7) is 5.08. The Morgan fingerprint density at radius 1 is 1.32 bits per heavy atom. The minimum atomic E-state index is 0.286. The van der Waals surface area contributed by atoms with E-state index in [1.165, 1.54) is 0 Å². The Kier molecular flexibility index (Phi) is 3.44. The van der Waals surface area contributed by atoms with Crippen LogP contribution < -0.4 is 0 Å². The van der Waals surface area contributed by atoms with E-state index in [2.05, 4.69) is 20.9 Å². The van der Waals surface area contributed by atoms with Gasteiger partial charge in [-0.05, 0) is 31.9 Å². The van der Waals surface area contributed by atoms with Crippen LogP contribution in [0.25, 0.3) is 10.9 Å². The number of benzene rings is 1. The summed E-state index contributed by atoms with van der Waals surface area (Å²) in [6.07, 6.45) is 1.07. The molecule has 0 amide bonds. The minimum Gasteiger partial charge on any atom is -0.396 e. The zero-order valence-electron chi connectivity index (χ0n) is 11.2. The van der Waals surface area contributed by atoms with Crippen molar-refractivity contribution in [2.24, 2.45) is 5.92 Å². The van der Waals surface area contributed by atoms with Gasteiger partial charge in [-0.2, -0.15) is 0 Å². The van der Waals surface area contributed by atoms with E-state index in [1.54, 1.807) is 0 Å². The van der Waals surface area contributed by atoms with Gasteiger partial charge in [-0.25, -0.2) is 9.97 Å². The van der Waals surface area contributed by atoms with E-state index < -0.39 is 0 Å². The van der Waals surface area contributed by atoms with Crippen molar-refractivity contribution in [2.45, 2.75) is 19.9 Å². The maximum Gasteiger partial charge on any atom is 0.143 e. The molecular weight excluding hydrogens is 238 g/mol. The summed E-state index contributed by atoms with van der Waals surface area (Å²) in [5.74, 6) is 1.30. The Hall–Kier alpha value is -1.52. The van der Waals surface area contributed by atoms with Crippen molar-refractivity contribution in [3.05, 3.63) is 35.8 Å². The molecule has 4 heteroatoms. The van der Waals surface area contributed by atoms with Crippen molar-refractivity contribution >= 4 is 10.9 Å². The lowest BCUT2D eigenvalue weighted by Gasteiger charge is -2.15. The van der Waals surface area contributed by atoms with Crippen molar-refractivity contribution in [1.29, 1.82) is 0 Å². The second kappa shape index (κ2) is 5.23. The van der Waals surface area contributed by atoms with E-state index in [4.69, 9.17) is 0 Å². The van der Waals surface area contributed by atoms with Gasteiger partial charge in [-0.15, -0.1) is 0 Å². The summed E-state index contributed by atoms with van der Waals surface area (Å²) in [6, 6.07) is 8.13. The lowest BCUT2D eigenvalue weighted by atomic mass is 10.1. The zero-order chi connectivity index (χ0) is 13.2. The van der Waals surface area contributed by atoms with E-state index in [-0.39, 0.29) is 6.61 Å². The molecule has 1 aliphatic rings. The minimum absolute atomic E-state index is 0.286. The van der Waals surface area contributed by atoms with Gasteiger partial charge >= 0.3 is 0 Å². The predicted octanol–water partition coefficient (Wildman–Crippen LogP) is 1.75. The lowest BCUT2D eigenvalue weighted by Crippen LogP contribution is -2.22. The summed E-state index contributed by atoms with van der Waals surface area (Å²) >= 11 is 0. The molecule has 0 radical (unpaired) electrons. The number of likely N-dealkylation sites (tertiary alicyclic amines) is 1. The van der Waals surface area contributed by atoms with Crippen molar-refractivity contribution in [3.63, 3.8) is 0 Å². The third-order valence-electron chi connectivity index (χ3n) is 3.83. The highest BCUT2D eigenvalue weighted by Crippen LogP contribution is 2.19. The average Bonchev–Trinajstić information content (AvgIpc) is 2.86. The lowest BCUT2D eigenvalue weighted by molar-refractivity contribution is 0.219. The van der Waals surface area contributed by atoms with E-state index >= 15 is 0 Å². The number of para-hydroxylation sites is 1. The Morgan fingerprint density at radius 3 is 2.95 bits per heavy atom. The number of rotatable bonds is 3. The third-order valence-corrected chi connectivity index (χ3v) is 3.83. The summed E-state index contributed by atoms with van der Waals surface area (Å²) in [5.41, 5.74) is 2.06. The van der Waals surface area contributed by atoms with E-state index in [9.17, 15) is 5.11 Å². The molecule has 2 aromatic rings. The van der Waals surface area contributed by atoms with Crippen LogP contribution >= 0.6 is 0 Å². The van der Waals surface area contributed by atoms with Crippen LogP contribution in [-0.4, -0.2) is 39.7 Å². The first-order valence-corrected chi connectivity index (χ1v) is 6.81. The number of aromatic nitrogens is 2. The molecule has 0 aliphatic carbocycles. The van der Waals surface area contributed by atoms with Gasteiger partial charge in [0.2, 0.25) is 0 Å². The van der Waals surface area contributed by atoms with Crippen LogP contribution in [0.1, 0.15) is 17.9 Å². The molecule has 3 rings (SSSR count). The predicted molar refractivity (Wildman–Crippen MR) is 74.7 cm³/mol. The third kappa shape index (κ3) is 2.60. The molecule has 1 aliphatic heterocycles. The Balaban J connectivity index is 1.82. The van der Waals surface area contributed by atoms with Crippen LogP contribution in [0.2, 0.25) is 0 Å². The zero-order valence-corrected chi connectivity index (χ0v) is 11.2. The fourth-order valence-electron chi connectivity index (χ4n) is 2.77. The van der Waals surface area contributed by atoms with E-state index in [1.807, 2.05) is 25.1 Å². The van der Waals surface area contributed by atoms with Gasteiger partial charge in [0.05, 0.1) is 12.1 Å². The molecule has 1 unspecified atom stereocenters. The largest absolute Gasteiger partial charge is 0.396 e. The number of nitrogens with zero attached hydrogens (tertiary/aromatic N) is 3. The number of fused-ring (bicyclic) bond motifs is 1. The molecule has 1 fully saturated rings. The average molecular weight is 257 g/mol. The van der Waals surface area contributed by atoms with Gasteiger partial charge in [-0.1, -0.05) is 18.2 Å². The SMILES string of the molecule is Cc1nc(CN2CCC(CO)C2)nc2ccccc12. The smallest absolute Gasteiger partial charge is 0.143 e. The molecule has 1 atom stereocenters. The Bertz CT molecular complexity index is 585. The van der Waals surface area contributed by atoms with Crippen LogP contribution in [0.3, 0.4) is 0 Å². The molecule has 4 nitrogen and oxygen atoms in total. The van der Waals surface area contributed by atoms with Crippen molar-refractivity contribution in [1.82, 2.24) is 14.9 Å². The number of aryl methyl sites for hydroxylation is 1. The Labute approximate surface area is 113 Å². The monoisotopic (exact) mass is 257 g/mol. The number of hydrogen-bond donors (Lipinski definition) is 1. The topological polar surface area (TPSA) is 49.2 Å². The number of aliphatic hydroxyl groups is 1. The maximum absolute atomic E-state index is 9.18. The summed E-state index contributed by atoms with van der Waals surface area (Å²) in [4.78, 5) is 11.6. The van der Waals surface area contributed by atoms with Crippen molar-refractivity contribution in [3.8, 4) is 0 Å². The number of aliphatic hydroxyl groups excluding tert-OH is 1. The van der Waals surface area contributed by atoms with Crippen LogP contribution in [-0.2, 0) is 6.54 Å². The molecule has 1 aromatic heterocycles. The first-order chi connectivity index (χ1) is 9.26. The Morgan fingerprint density at radius 2 is 2.16 bits per heavy atom. The van der Waals surface area contributed by atoms with Crippen molar-refractivity contribution < 1.29 is 5.11 Å². The van der Waals surface area contributed by atoms with Gasteiger partial charge in [0.1, 0.15) is 5.82 Å². The summed E-state index contributed by atoms with van der Waals surface area (Å²) in [5, 5.41) is 10.3. The van der Waals surface area contributed by atoms with Gasteiger partial charge in [0, 0.05) is 24.2 Å². The molecule has 1 aromatic carbocycles. The van der Waals surface area contributed by atoms with E-state index in [0.29, 0.717) is 5.92 Å². The first kappa shape index (κ1) is 12.5. The molecule has 2 heterocycles. The van der Waals surface area contributed by atoms with Gasteiger partial charge in [0.25, 0.3) is 0 Å². The second-order valence-corrected chi connectivity index (χ2v) is 5.31. The molecule has 100 valence electrons. The number of hydrogen-bond acceptors (Lipinski definition) is 4. The molecule has 1 saturated heterocycles. The molecule has 19 heavy (non-hydrogen) atoms.